The van der Waals surface area contributed by atoms with E-state index < -0.39 is 10.0 Å². The van der Waals surface area contributed by atoms with Crippen LogP contribution in [0.2, 0.25) is 0 Å². The van der Waals surface area contributed by atoms with E-state index in [1.807, 2.05) is 31.2 Å². The van der Waals surface area contributed by atoms with Crippen molar-refractivity contribution < 1.29 is 13.2 Å². The van der Waals surface area contributed by atoms with Crippen molar-refractivity contribution in [2.45, 2.75) is 30.8 Å². The normalized spacial score (nSPS) is 11.4. The van der Waals surface area contributed by atoms with Crippen LogP contribution in [0.15, 0.2) is 93.7 Å². The molecule has 0 atom stereocenters. The molecular weight excluding hydrogens is 560 g/mol. The summed E-state index contributed by atoms with van der Waals surface area (Å²) in [5.41, 5.74) is 3.72. The van der Waals surface area contributed by atoms with E-state index in [4.69, 9.17) is 0 Å². The highest BCUT2D eigenvalue weighted by Gasteiger charge is 2.18. The average molecular weight is 587 g/mol. The number of amides is 1. The van der Waals surface area contributed by atoms with E-state index in [2.05, 4.69) is 25.0 Å². The van der Waals surface area contributed by atoms with Gasteiger partial charge < -0.3 is 5.32 Å². The highest BCUT2D eigenvalue weighted by atomic mass is 32.2. The summed E-state index contributed by atoms with van der Waals surface area (Å²) in [5, 5.41) is 3.62. The van der Waals surface area contributed by atoms with Crippen molar-refractivity contribution in [3.63, 3.8) is 0 Å². The van der Waals surface area contributed by atoms with Gasteiger partial charge in [-0.25, -0.2) is 28.1 Å². The molecule has 0 saturated carbocycles. The van der Waals surface area contributed by atoms with Crippen molar-refractivity contribution in [3.05, 3.63) is 106 Å². The zero-order valence-corrected chi connectivity index (χ0v) is 24.1. The van der Waals surface area contributed by atoms with Crippen molar-refractivity contribution in [2.75, 3.05) is 15.8 Å². The summed E-state index contributed by atoms with van der Waals surface area (Å²) in [6.45, 7) is 5.46. The molecule has 5 rings (SSSR count). The third kappa shape index (κ3) is 6.44. The Hall–Kier alpha value is -4.55. The topological polar surface area (TPSA) is 136 Å². The second-order valence-corrected chi connectivity index (χ2v) is 12.0. The number of nitrogens with zero attached hydrogens (tertiary/aromatic N) is 4. The van der Waals surface area contributed by atoms with Gasteiger partial charge in [-0.15, -0.1) is 0 Å². The molecule has 1 amide bonds. The fraction of sp³-hybridized carbons (Fsp3) is 0.138. The van der Waals surface area contributed by atoms with E-state index in [0.29, 0.717) is 38.8 Å². The van der Waals surface area contributed by atoms with Gasteiger partial charge in [0.1, 0.15) is 0 Å². The van der Waals surface area contributed by atoms with Gasteiger partial charge in [0.05, 0.1) is 27.2 Å². The van der Waals surface area contributed by atoms with Crippen LogP contribution >= 0.6 is 11.8 Å². The van der Waals surface area contributed by atoms with E-state index in [-0.39, 0.29) is 28.1 Å². The number of sulfonamides is 1. The standard InChI is InChI=1S/C29H26N6O4S2/c1-18-8-12-22(13-9-18)35-27(37)24-6-4-5-7-25(24)33-29(35)40-17-26(36)32-21-10-14-23(15-11-21)41(38,39)34-28-30-19(2)16-20(3)31-28/h4-16H,17H2,1-3H3,(H,32,36)(H,30,31,34). The Morgan fingerprint density at radius 3 is 2.22 bits per heavy atom. The number of nitrogens with one attached hydrogen (secondary N) is 2. The number of thioether (sulfide) groups is 1. The van der Waals surface area contributed by atoms with Crippen molar-refractivity contribution in [3.8, 4) is 5.69 Å². The van der Waals surface area contributed by atoms with Gasteiger partial charge in [-0.05, 0) is 75.4 Å². The molecule has 0 saturated heterocycles. The van der Waals surface area contributed by atoms with Crippen LogP contribution in [0.25, 0.3) is 16.6 Å². The summed E-state index contributed by atoms with van der Waals surface area (Å²) >= 11 is 1.13. The number of aromatic nitrogens is 4. The maximum absolute atomic E-state index is 13.4. The highest BCUT2D eigenvalue weighted by molar-refractivity contribution is 7.99. The van der Waals surface area contributed by atoms with E-state index in [1.165, 1.54) is 28.8 Å². The van der Waals surface area contributed by atoms with Gasteiger partial charge in [-0.3, -0.25) is 14.2 Å². The molecule has 2 heterocycles. The SMILES string of the molecule is Cc1ccc(-n2c(SCC(=O)Nc3ccc(S(=O)(=O)Nc4nc(C)cc(C)n4)cc3)nc3ccccc3c2=O)cc1. The van der Waals surface area contributed by atoms with Gasteiger partial charge in [0.15, 0.2) is 5.16 Å². The first-order valence-corrected chi connectivity index (χ1v) is 15.0. The first-order chi connectivity index (χ1) is 19.6. The number of anilines is 2. The molecule has 0 aliphatic rings. The van der Waals surface area contributed by atoms with Gasteiger partial charge in [-0.2, -0.15) is 0 Å². The lowest BCUT2D eigenvalue weighted by Crippen LogP contribution is -2.23. The van der Waals surface area contributed by atoms with Crippen LogP contribution in [0.4, 0.5) is 11.6 Å². The third-order valence-electron chi connectivity index (χ3n) is 6.03. The lowest BCUT2D eigenvalue weighted by Gasteiger charge is -2.13. The molecule has 0 spiro atoms. The maximum Gasteiger partial charge on any atom is 0.266 e. The minimum absolute atomic E-state index is 0.00453. The Kier molecular flexibility index (Phi) is 7.86. The molecule has 0 unspecified atom stereocenters. The Morgan fingerprint density at radius 2 is 1.54 bits per heavy atom. The Morgan fingerprint density at radius 1 is 0.878 bits per heavy atom. The van der Waals surface area contributed by atoms with Crippen LogP contribution in [0, 0.1) is 20.8 Å². The van der Waals surface area contributed by atoms with Crippen LogP contribution < -0.4 is 15.6 Å². The largest absolute Gasteiger partial charge is 0.325 e. The van der Waals surface area contributed by atoms with Crippen LogP contribution in [0.3, 0.4) is 0 Å². The number of hydrogen-bond acceptors (Lipinski definition) is 8. The molecule has 3 aromatic carbocycles. The van der Waals surface area contributed by atoms with Crippen molar-refractivity contribution in [1.29, 1.82) is 0 Å². The van der Waals surface area contributed by atoms with Crippen LogP contribution in [-0.2, 0) is 14.8 Å². The average Bonchev–Trinajstić information content (AvgIpc) is 2.92. The summed E-state index contributed by atoms with van der Waals surface area (Å²) in [6, 6.07) is 22.1. The molecule has 10 nitrogen and oxygen atoms in total. The molecule has 0 aliphatic heterocycles. The summed E-state index contributed by atoms with van der Waals surface area (Å²) in [6.07, 6.45) is 0. The second-order valence-electron chi connectivity index (χ2n) is 9.33. The molecule has 0 aliphatic carbocycles. The fourth-order valence-corrected chi connectivity index (χ4v) is 5.88. The number of carbonyl (C=O) groups excluding carboxylic acids is 1. The number of para-hydroxylation sites is 1. The number of rotatable bonds is 8. The first kappa shape index (κ1) is 28.0. The number of benzene rings is 3. The minimum Gasteiger partial charge on any atom is -0.325 e. The number of hydrogen-bond donors (Lipinski definition) is 2. The zero-order chi connectivity index (χ0) is 29.1. The smallest absolute Gasteiger partial charge is 0.266 e. The van der Waals surface area contributed by atoms with Crippen LogP contribution in [0.5, 0.6) is 0 Å². The molecule has 0 fully saturated rings. The van der Waals surface area contributed by atoms with Crippen LogP contribution in [0.1, 0.15) is 17.0 Å². The first-order valence-electron chi connectivity index (χ1n) is 12.6. The summed E-state index contributed by atoms with van der Waals surface area (Å²) < 4.78 is 29.5. The second kappa shape index (κ2) is 11.5. The van der Waals surface area contributed by atoms with Gasteiger partial charge in [0, 0.05) is 17.1 Å². The van der Waals surface area contributed by atoms with Crippen molar-refractivity contribution in [2.24, 2.45) is 0 Å². The Bertz CT molecular complexity index is 1900. The monoisotopic (exact) mass is 586 g/mol. The summed E-state index contributed by atoms with van der Waals surface area (Å²) in [5.74, 6) is -0.379. The molecule has 5 aromatic rings. The van der Waals surface area contributed by atoms with E-state index in [9.17, 15) is 18.0 Å². The minimum atomic E-state index is -3.93. The van der Waals surface area contributed by atoms with E-state index >= 15 is 0 Å². The highest BCUT2D eigenvalue weighted by Crippen LogP contribution is 2.23. The third-order valence-corrected chi connectivity index (χ3v) is 8.31. The summed E-state index contributed by atoms with van der Waals surface area (Å²) in [7, 11) is -3.93. The lowest BCUT2D eigenvalue weighted by molar-refractivity contribution is -0.113. The predicted molar refractivity (Wildman–Crippen MR) is 160 cm³/mol. The lowest BCUT2D eigenvalue weighted by atomic mass is 10.2. The van der Waals surface area contributed by atoms with Gasteiger partial charge in [0.2, 0.25) is 11.9 Å². The zero-order valence-electron chi connectivity index (χ0n) is 22.5. The molecule has 12 heteroatoms. The summed E-state index contributed by atoms with van der Waals surface area (Å²) in [4.78, 5) is 39.1. The van der Waals surface area contributed by atoms with E-state index in [0.717, 1.165) is 17.3 Å². The Labute approximate surface area is 241 Å². The van der Waals surface area contributed by atoms with Gasteiger partial charge in [-0.1, -0.05) is 41.6 Å². The Balaban J connectivity index is 1.31. The van der Waals surface area contributed by atoms with Gasteiger partial charge in [0.25, 0.3) is 15.6 Å². The number of fused-ring (bicyclic) bond motifs is 1. The van der Waals surface area contributed by atoms with Crippen molar-refractivity contribution in [1.82, 2.24) is 19.5 Å². The van der Waals surface area contributed by atoms with Crippen LogP contribution in [-0.4, -0.2) is 39.6 Å². The quantitative estimate of drug-likeness (QED) is 0.198. The number of aryl methyl sites for hydroxylation is 3. The van der Waals surface area contributed by atoms with E-state index in [1.54, 1.807) is 44.2 Å². The molecule has 0 radical (unpaired) electrons. The molecule has 2 aromatic heterocycles. The molecule has 0 bridgehead atoms. The molecule has 2 N–H and O–H groups in total. The van der Waals surface area contributed by atoms with Gasteiger partial charge >= 0.3 is 0 Å². The molecular formula is C29H26N6O4S2. The fourth-order valence-electron chi connectivity index (χ4n) is 4.13. The maximum atomic E-state index is 13.4. The predicted octanol–water partition coefficient (Wildman–Crippen LogP) is 4.63. The number of carbonyl (C=O) groups is 1. The molecule has 41 heavy (non-hydrogen) atoms. The van der Waals surface area contributed by atoms with Crippen molar-refractivity contribution >= 4 is 50.2 Å². The molecule has 208 valence electrons.